The van der Waals surface area contributed by atoms with Crippen LogP contribution in [0.15, 0.2) is 11.0 Å². The fourth-order valence-corrected chi connectivity index (χ4v) is 0.846. The van der Waals surface area contributed by atoms with Crippen molar-refractivity contribution in [1.82, 2.24) is 15.1 Å². The van der Waals surface area contributed by atoms with Crippen LogP contribution in [-0.2, 0) is 0 Å². The minimum atomic E-state index is 0.0972. The summed E-state index contributed by atoms with van der Waals surface area (Å²) >= 11 is 0. The van der Waals surface area contributed by atoms with Gasteiger partial charge in [0.15, 0.2) is 0 Å². The minimum Gasteiger partial charge on any atom is -0.478 e. The monoisotopic (exact) mass is 168 g/mol. The zero-order chi connectivity index (χ0) is 8.55. The Kier molecular flexibility index (Phi) is 1.29. The highest BCUT2D eigenvalue weighted by molar-refractivity contribution is 5.70. The van der Waals surface area contributed by atoms with Gasteiger partial charge in [-0.3, -0.25) is 4.63 Å². The van der Waals surface area contributed by atoms with E-state index in [9.17, 15) is 5.21 Å². The van der Waals surface area contributed by atoms with Gasteiger partial charge in [-0.1, -0.05) is 0 Å². The van der Waals surface area contributed by atoms with Crippen LogP contribution in [0.4, 0.5) is 0 Å². The average Bonchev–Trinajstić information content (AvgIpc) is 2.48. The van der Waals surface area contributed by atoms with E-state index in [1.165, 1.54) is 13.4 Å². The Hall–Kier alpha value is -1.92. The normalized spacial score (nSPS) is 10.4. The van der Waals surface area contributed by atoms with E-state index < -0.39 is 0 Å². The van der Waals surface area contributed by atoms with Crippen LogP contribution in [-0.4, -0.2) is 22.2 Å². The first-order valence-corrected chi connectivity index (χ1v) is 3.07. The van der Waals surface area contributed by atoms with Gasteiger partial charge in [-0.05, 0) is 4.90 Å². The first-order valence-electron chi connectivity index (χ1n) is 3.07. The summed E-state index contributed by atoms with van der Waals surface area (Å²) < 4.78 is 9.08. The largest absolute Gasteiger partial charge is 0.478 e. The fourth-order valence-electron chi connectivity index (χ4n) is 0.846. The molecule has 0 fully saturated rings. The van der Waals surface area contributed by atoms with Gasteiger partial charge < -0.3 is 9.94 Å². The summed E-state index contributed by atoms with van der Waals surface area (Å²) in [4.78, 5) is 7.60. The maximum atomic E-state index is 10.9. The van der Waals surface area contributed by atoms with E-state index in [-0.39, 0.29) is 21.9 Å². The highest BCUT2D eigenvalue weighted by Gasteiger charge is 2.17. The molecule has 7 heteroatoms. The fraction of sp³-hybridized carbons (Fsp3) is 0.200. The number of hydrogen-bond acceptors (Lipinski definition) is 6. The minimum absolute atomic E-state index is 0.0972. The van der Waals surface area contributed by atoms with E-state index in [1.54, 1.807) is 0 Å². The van der Waals surface area contributed by atoms with Crippen molar-refractivity contribution in [3.05, 3.63) is 11.5 Å². The molecule has 0 unspecified atom stereocenters. The van der Waals surface area contributed by atoms with Crippen LogP contribution >= 0.6 is 0 Å². The molecule has 2 heterocycles. The van der Waals surface area contributed by atoms with Crippen LogP contribution in [0.25, 0.3) is 11.2 Å². The van der Waals surface area contributed by atoms with Gasteiger partial charge in [0.05, 0.1) is 12.3 Å². The van der Waals surface area contributed by atoms with Gasteiger partial charge >= 0.3 is 11.2 Å². The second kappa shape index (κ2) is 2.29. The lowest BCUT2D eigenvalue weighted by Gasteiger charge is -1.94. The molecule has 0 N–H and O–H groups in total. The molecule has 2 rings (SSSR count). The average molecular weight is 168 g/mol. The smallest absolute Gasteiger partial charge is 0.347 e. The predicted octanol–water partition coefficient (Wildman–Crippen LogP) is -0.740. The van der Waals surface area contributed by atoms with E-state index >= 15 is 0 Å². The van der Waals surface area contributed by atoms with Crippen molar-refractivity contribution < 1.29 is 14.3 Å². The number of nitrogens with zero attached hydrogens (tertiary/aromatic N) is 4. The molecule has 2 aromatic rings. The summed E-state index contributed by atoms with van der Waals surface area (Å²) in [6.07, 6.45) is 1.24. The molecule has 0 spiro atoms. The zero-order valence-corrected chi connectivity index (χ0v) is 6.09. The number of rotatable bonds is 1. The van der Waals surface area contributed by atoms with Crippen molar-refractivity contribution >= 4 is 11.2 Å². The van der Waals surface area contributed by atoms with Crippen LogP contribution in [0.2, 0.25) is 0 Å². The predicted molar refractivity (Wildman–Crippen MR) is 35.1 cm³/mol. The lowest BCUT2D eigenvalue weighted by molar-refractivity contribution is -0.782. The molecule has 7 nitrogen and oxygen atoms in total. The van der Waals surface area contributed by atoms with E-state index in [1.807, 2.05) is 0 Å². The van der Waals surface area contributed by atoms with Gasteiger partial charge in [0, 0.05) is 0 Å². The molecule has 2 aromatic heterocycles. The number of ether oxygens (including phenoxy) is 1. The Labute approximate surface area is 66.1 Å². The maximum Gasteiger partial charge on any atom is 0.347 e. The summed E-state index contributed by atoms with van der Waals surface area (Å²) in [6.45, 7) is 0. The standard InChI is InChI=1S/C5H4N4O3/c1-11-5-3-4(6-2-7-5)8-12-9(3)10/h2H,1H3. The SMILES string of the molecule is COc1ncnc2no[n+]([O-])c12. The first-order chi connectivity index (χ1) is 5.83. The molecule has 62 valence electrons. The van der Waals surface area contributed by atoms with Gasteiger partial charge in [-0.25, -0.2) is 0 Å². The molecule has 12 heavy (non-hydrogen) atoms. The highest BCUT2D eigenvalue weighted by Crippen LogP contribution is 2.13. The van der Waals surface area contributed by atoms with Crippen LogP contribution < -0.4 is 9.64 Å². The lowest BCUT2D eigenvalue weighted by Crippen LogP contribution is -2.23. The van der Waals surface area contributed by atoms with Gasteiger partial charge in [-0.15, -0.1) is 0 Å². The second-order valence-electron chi connectivity index (χ2n) is 1.99. The summed E-state index contributed by atoms with van der Waals surface area (Å²) in [5.74, 6) is 0.149. The van der Waals surface area contributed by atoms with Crippen LogP contribution in [0.3, 0.4) is 0 Å². The number of hydrogen-bond donors (Lipinski definition) is 0. The Morgan fingerprint density at radius 3 is 3.17 bits per heavy atom. The molecule has 0 aliphatic carbocycles. The van der Waals surface area contributed by atoms with E-state index in [4.69, 9.17) is 4.74 Å². The van der Waals surface area contributed by atoms with Crippen LogP contribution in [0.5, 0.6) is 5.88 Å². The van der Waals surface area contributed by atoms with Gasteiger partial charge in [0.25, 0.3) is 5.88 Å². The lowest BCUT2D eigenvalue weighted by atomic mass is 10.5. The third-order valence-electron chi connectivity index (χ3n) is 1.35. The second-order valence-corrected chi connectivity index (χ2v) is 1.99. The molecule has 0 radical (unpaired) electrons. The summed E-state index contributed by atoms with van der Waals surface area (Å²) in [7, 11) is 1.40. The molecule has 0 aliphatic heterocycles. The molecule has 0 saturated heterocycles. The van der Waals surface area contributed by atoms with Crippen LogP contribution in [0, 0.1) is 5.21 Å². The maximum absolute atomic E-state index is 10.9. The molecular weight excluding hydrogens is 164 g/mol. The van der Waals surface area contributed by atoms with Crippen molar-refractivity contribution in [3.8, 4) is 5.88 Å². The van der Waals surface area contributed by atoms with Gasteiger partial charge in [0.1, 0.15) is 6.33 Å². The third kappa shape index (κ3) is 0.760. The first kappa shape index (κ1) is 6.77. The number of methoxy groups -OCH3 is 1. The molecule has 0 aromatic carbocycles. The Morgan fingerprint density at radius 2 is 2.42 bits per heavy atom. The topological polar surface area (TPSA) is 88.0 Å². The van der Waals surface area contributed by atoms with Crippen molar-refractivity contribution in [2.45, 2.75) is 0 Å². The zero-order valence-electron chi connectivity index (χ0n) is 6.09. The van der Waals surface area contributed by atoms with Gasteiger partial charge in [0.2, 0.25) is 0 Å². The molecule has 0 aliphatic rings. The Balaban J connectivity index is 2.84. The summed E-state index contributed by atoms with van der Waals surface area (Å²) in [6, 6.07) is 0. The number of aromatic nitrogens is 4. The molecular formula is C5H4N4O3. The van der Waals surface area contributed by atoms with Crippen molar-refractivity contribution in [3.63, 3.8) is 0 Å². The van der Waals surface area contributed by atoms with Crippen molar-refractivity contribution in [2.24, 2.45) is 0 Å². The Morgan fingerprint density at radius 1 is 1.58 bits per heavy atom. The number of fused-ring (bicyclic) bond motifs is 1. The molecule has 0 amide bonds. The van der Waals surface area contributed by atoms with E-state index in [0.717, 1.165) is 0 Å². The van der Waals surface area contributed by atoms with Crippen LogP contribution in [0.1, 0.15) is 0 Å². The van der Waals surface area contributed by atoms with Gasteiger partial charge in [-0.2, -0.15) is 9.97 Å². The third-order valence-corrected chi connectivity index (χ3v) is 1.35. The Bertz CT molecular complexity index is 412. The summed E-state index contributed by atoms with van der Waals surface area (Å²) in [5.41, 5.74) is 0.275. The van der Waals surface area contributed by atoms with E-state index in [2.05, 4.69) is 19.8 Å². The van der Waals surface area contributed by atoms with E-state index in [0.29, 0.717) is 0 Å². The van der Waals surface area contributed by atoms with Crippen molar-refractivity contribution in [2.75, 3.05) is 7.11 Å². The highest BCUT2D eigenvalue weighted by atomic mass is 16.8. The molecule has 0 saturated carbocycles. The summed E-state index contributed by atoms with van der Waals surface area (Å²) in [5, 5.41) is 14.3. The molecule has 0 bridgehead atoms. The van der Waals surface area contributed by atoms with Crippen molar-refractivity contribution in [1.29, 1.82) is 0 Å². The quantitative estimate of drug-likeness (QED) is 0.521. The molecule has 0 atom stereocenters.